The summed E-state index contributed by atoms with van der Waals surface area (Å²) < 4.78 is 60.9. The summed E-state index contributed by atoms with van der Waals surface area (Å²) >= 11 is 0. The highest BCUT2D eigenvalue weighted by Crippen LogP contribution is 2.33. The predicted molar refractivity (Wildman–Crippen MR) is 129 cm³/mol. The van der Waals surface area contributed by atoms with Crippen LogP contribution in [0.5, 0.6) is 11.5 Å². The van der Waals surface area contributed by atoms with Gasteiger partial charge in [-0.2, -0.15) is 18.3 Å². The summed E-state index contributed by atoms with van der Waals surface area (Å²) in [5, 5.41) is 17.6. The summed E-state index contributed by atoms with van der Waals surface area (Å²) in [7, 11) is 0. The van der Waals surface area contributed by atoms with Gasteiger partial charge in [-0.25, -0.2) is 13.9 Å². The van der Waals surface area contributed by atoms with E-state index in [4.69, 9.17) is 4.74 Å². The van der Waals surface area contributed by atoms with Gasteiger partial charge in [-0.15, -0.1) is 0 Å². The van der Waals surface area contributed by atoms with E-state index >= 15 is 0 Å². The average Bonchev–Trinajstić information content (AvgIpc) is 3.33. The number of fused-ring (bicyclic) bond motifs is 1. The molecule has 0 unspecified atom stereocenters. The van der Waals surface area contributed by atoms with Crippen molar-refractivity contribution in [1.82, 2.24) is 19.6 Å². The molecule has 0 saturated heterocycles. The van der Waals surface area contributed by atoms with Crippen molar-refractivity contribution < 1.29 is 32.0 Å². The van der Waals surface area contributed by atoms with E-state index in [-0.39, 0.29) is 34.1 Å². The molecule has 2 aromatic carbocycles. The summed E-state index contributed by atoms with van der Waals surface area (Å²) in [6.07, 6.45) is -1.99. The molecule has 5 rings (SSSR count). The van der Waals surface area contributed by atoms with Gasteiger partial charge in [0, 0.05) is 30.0 Å². The Kier molecular flexibility index (Phi) is 6.35. The molecule has 0 aliphatic rings. The fraction of sp³-hybridized carbons (Fsp3) is 0.0400. The number of non-ortho nitro benzene ring substituents is 1. The molecule has 0 radical (unpaired) electrons. The predicted octanol–water partition coefficient (Wildman–Crippen LogP) is 5.90. The lowest BCUT2D eigenvalue weighted by molar-refractivity contribution is -0.384. The number of nitro benzene ring substituents is 1. The van der Waals surface area contributed by atoms with Gasteiger partial charge in [0.25, 0.3) is 11.6 Å². The van der Waals surface area contributed by atoms with Gasteiger partial charge in [0.1, 0.15) is 17.3 Å². The Hall–Kier alpha value is -5.40. The maximum absolute atomic E-state index is 13.8. The molecule has 0 aliphatic heterocycles. The first-order valence-electron chi connectivity index (χ1n) is 11.0. The largest absolute Gasteiger partial charge is 0.455 e. The van der Waals surface area contributed by atoms with Crippen LogP contribution in [0.1, 0.15) is 16.2 Å². The standard InChI is InChI=1S/C25H14F4N6O4/c26-15-5-3-14(4-6-15)20-11-22(25(27,28)29)34-23(32-20)12-21(33-34)24(36)31-16-8-17(35(37)38)10-19(9-16)39-18-2-1-7-30-13-18/h1-13H,(H,31,36). The molecule has 1 N–H and O–H groups in total. The average molecular weight is 538 g/mol. The summed E-state index contributed by atoms with van der Waals surface area (Å²) in [4.78, 5) is 31.7. The number of benzene rings is 2. The topological polar surface area (TPSA) is 125 Å². The summed E-state index contributed by atoms with van der Waals surface area (Å²) in [6.45, 7) is 0. The molecule has 1 amide bonds. The molecular weight excluding hydrogens is 524 g/mol. The van der Waals surface area contributed by atoms with Crippen LogP contribution < -0.4 is 10.1 Å². The van der Waals surface area contributed by atoms with Crippen LogP contribution in [0, 0.1) is 15.9 Å². The fourth-order valence-corrected chi connectivity index (χ4v) is 3.61. The molecule has 0 fully saturated rings. The van der Waals surface area contributed by atoms with Crippen LogP contribution in [-0.4, -0.2) is 30.4 Å². The number of nitrogens with zero attached hydrogens (tertiary/aromatic N) is 5. The monoisotopic (exact) mass is 538 g/mol. The van der Waals surface area contributed by atoms with Crippen LogP contribution in [0.15, 0.2) is 79.1 Å². The van der Waals surface area contributed by atoms with Crippen LogP contribution in [0.4, 0.5) is 28.9 Å². The molecular formula is C25H14F4N6O4. The Bertz CT molecular complexity index is 1710. The number of rotatable bonds is 6. The molecule has 3 heterocycles. The van der Waals surface area contributed by atoms with E-state index in [1.54, 1.807) is 12.1 Å². The number of nitrogens with one attached hydrogen (secondary N) is 1. The zero-order valence-corrected chi connectivity index (χ0v) is 19.4. The second-order valence-electron chi connectivity index (χ2n) is 8.05. The zero-order valence-electron chi connectivity index (χ0n) is 19.4. The van der Waals surface area contributed by atoms with Gasteiger partial charge in [0.05, 0.1) is 28.6 Å². The number of hydrogen-bond donors (Lipinski definition) is 1. The maximum atomic E-state index is 13.8. The van der Waals surface area contributed by atoms with Crippen LogP contribution in [0.3, 0.4) is 0 Å². The van der Waals surface area contributed by atoms with Crippen molar-refractivity contribution in [3.8, 4) is 22.8 Å². The Morgan fingerprint density at radius 3 is 2.46 bits per heavy atom. The quantitative estimate of drug-likeness (QED) is 0.162. The maximum Gasteiger partial charge on any atom is 0.433 e. The minimum absolute atomic E-state index is 0.00691. The van der Waals surface area contributed by atoms with Gasteiger partial charge in [-0.05, 0) is 42.5 Å². The lowest BCUT2D eigenvalue weighted by Crippen LogP contribution is -2.16. The van der Waals surface area contributed by atoms with Crippen LogP contribution in [0.25, 0.3) is 16.9 Å². The molecule has 14 heteroatoms. The number of amides is 1. The van der Waals surface area contributed by atoms with Gasteiger partial charge in [-0.3, -0.25) is 19.9 Å². The highest BCUT2D eigenvalue weighted by molar-refractivity contribution is 6.03. The van der Waals surface area contributed by atoms with E-state index in [0.717, 1.165) is 36.4 Å². The van der Waals surface area contributed by atoms with E-state index in [2.05, 4.69) is 20.4 Å². The lowest BCUT2D eigenvalue weighted by Gasteiger charge is -2.11. The van der Waals surface area contributed by atoms with Crippen molar-refractivity contribution in [3.05, 3.63) is 106 Å². The Morgan fingerprint density at radius 1 is 1.03 bits per heavy atom. The minimum Gasteiger partial charge on any atom is -0.455 e. The van der Waals surface area contributed by atoms with Crippen LogP contribution in [0.2, 0.25) is 0 Å². The van der Waals surface area contributed by atoms with Gasteiger partial charge in [-0.1, -0.05) is 0 Å². The number of alkyl halides is 3. The summed E-state index contributed by atoms with van der Waals surface area (Å²) in [5.41, 5.74) is -2.33. The number of anilines is 1. The van der Waals surface area contributed by atoms with Crippen molar-refractivity contribution in [2.75, 3.05) is 5.32 Å². The Balaban J connectivity index is 1.50. The number of hydrogen-bond acceptors (Lipinski definition) is 7. The highest BCUT2D eigenvalue weighted by atomic mass is 19.4. The van der Waals surface area contributed by atoms with Crippen molar-refractivity contribution in [2.45, 2.75) is 6.18 Å². The molecule has 5 aromatic rings. The Morgan fingerprint density at radius 2 is 1.79 bits per heavy atom. The number of carbonyl (C=O) groups is 1. The molecule has 0 aliphatic carbocycles. The van der Waals surface area contributed by atoms with Crippen molar-refractivity contribution in [2.24, 2.45) is 0 Å². The highest BCUT2D eigenvalue weighted by Gasteiger charge is 2.35. The molecule has 0 atom stereocenters. The van der Waals surface area contributed by atoms with Gasteiger partial charge in [0.2, 0.25) is 0 Å². The third kappa shape index (κ3) is 5.49. The molecule has 39 heavy (non-hydrogen) atoms. The SMILES string of the molecule is O=C(Nc1cc(Oc2cccnc2)cc([N+](=O)[O-])c1)c1cc2nc(-c3ccc(F)cc3)cc(C(F)(F)F)n2n1. The lowest BCUT2D eigenvalue weighted by atomic mass is 10.1. The number of nitro groups is 1. The number of carbonyl (C=O) groups excluding carboxylic acids is 1. The van der Waals surface area contributed by atoms with E-state index in [9.17, 15) is 32.5 Å². The second-order valence-corrected chi connectivity index (χ2v) is 8.05. The van der Waals surface area contributed by atoms with E-state index in [1.807, 2.05) is 0 Å². The Labute approximate surface area is 215 Å². The van der Waals surface area contributed by atoms with E-state index in [0.29, 0.717) is 4.52 Å². The van der Waals surface area contributed by atoms with Crippen molar-refractivity contribution in [3.63, 3.8) is 0 Å². The van der Waals surface area contributed by atoms with Gasteiger partial charge in [0.15, 0.2) is 17.0 Å². The second kappa shape index (κ2) is 9.81. The van der Waals surface area contributed by atoms with Crippen molar-refractivity contribution >= 4 is 22.9 Å². The molecule has 196 valence electrons. The zero-order chi connectivity index (χ0) is 27.7. The summed E-state index contributed by atoms with van der Waals surface area (Å²) in [5.74, 6) is -1.25. The molecule has 0 spiro atoms. The van der Waals surface area contributed by atoms with E-state index in [1.165, 1.54) is 30.6 Å². The molecule has 0 saturated carbocycles. The third-order valence-corrected chi connectivity index (χ3v) is 5.32. The minimum atomic E-state index is -4.87. The summed E-state index contributed by atoms with van der Waals surface area (Å²) in [6, 6.07) is 13.1. The number of pyridine rings is 1. The van der Waals surface area contributed by atoms with Crippen LogP contribution in [-0.2, 0) is 6.18 Å². The first-order chi connectivity index (χ1) is 18.6. The number of halogens is 4. The van der Waals surface area contributed by atoms with E-state index < -0.39 is 39.9 Å². The molecule has 10 nitrogen and oxygen atoms in total. The molecule has 3 aromatic heterocycles. The number of ether oxygens (including phenoxy) is 1. The fourth-order valence-electron chi connectivity index (χ4n) is 3.61. The van der Waals surface area contributed by atoms with Gasteiger partial charge < -0.3 is 10.1 Å². The smallest absolute Gasteiger partial charge is 0.433 e. The van der Waals surface area contributed by atoms with Crippen molar-refractivity contribution in [1.29, 1.82) is 0 Å². The first-order valence-corrected chi connectivity index (χ1v) is 11.0. The number of aromatic nitrogens is 4. The van der Waals surface area contributed by atoms with Crippen LogP contribution >= 0.6 is 0 Å². The molecule has 0 bridgehead atoms. The van der Waals surface area contributed by atoms with Gasteiger partial charge >= 0.3 is 6.18 Å². The normalized spacial score (nSPS) is 11.4. The third-order valence-electron chi connectivity index (χ3n) is 5.32. The first kappa shape index (κ1) is 25.3.